The molecule has 0 radical (unpaired) electrons. The number of alkyl halides is 3. The second kappa shape index (κ2) is 6.79. The Morgan fingerprint density at radius 2 is 1.48 bits per heavy atom. The van der Waals surface area contributed by atoms with E-state index in [1.54, 1.807) is 0 Å². The van der Waals surface area contributed by atoms with Gasteiger partial charge in [-0.1, -0.05) is 30.4 Å². The molecule has 0 aromatic heterocycles. The molecule has 3 rings (SSSR count). The fraction of sp³-hybridized carbons (Fsp3) is 0.158. The predicted molar refractivity (Wildman–Crippen MR) is 93.1 cm³/mol. The summed E-state index contributed by atoms with van der Waals surface area (Å²) in [6.45, 7) is 0. The molecule has 0 atom stereocenters. The first kappa shape index (κ1) is 18.5. The van der Waals surface area contributed by atoms with Gasteiger partial charge in [0.1, 0.15) is 0 Å². The summed E-state index contributed by atoms with van der Waals surface area (Å²) in [6.07, 6.45) is -0.981. The number of aromatic hydroxyl groups is 2. The molecule has 0 heterocycles. The van der Waals surface area contributed by atoms with Gasteiger partial charge in [0.2, 0.25) is 0 Å². The third-order valence-electron chi connectivity index (χ3n) is 4.36. The Kier molecular flexibility index (Phi) is 4.65. The lowest BCUT2D eigenvalue weighted by molar-refractivity contribution is -0.385. The molecule has 0 amide bonds. The van der Waals surface area contributed by atoms with Gasteiger partial charge in [-0.25, -0.2) is 0 Å². The zero-order chi connectivity index (χ0) is 19.8. The fourth-order valence-electron chi connectivity index (χ4n) is 3.07. The smallest absolute Gasteiger partial charge is 0.416 e. The van der Waals surface area contributed by atoms with Crippen LogP contribution in [-0.4, -0.2) is 15.1 Å². The van der Waals surface area contributed by atoms with E-state index >= 15 is 0 Å². The van der Waals surface area contributed by atoms with Crippen LogP contribution in [0.25, 0.3) is 11.1 Å². The number of benzene rings is 2. The van der Waals surface area contributed by atoms with Crippen molar-refractivity contribution in [3.63, 3.8) is 0 Å². The molecule has 0 aliphatic heterocycles. The molecule has 2 aromatic rings. The lowest BCUT2D eigenvalue weighted by atomic mass is 9.87. The number of nitro groups is 1. The van der Waals surface area contributed by atoms with Crippen molar-refractivity contribution in [1.29, 1.82) is 0 Å². The summed E-state index contributed by atoms with van der Waals surface area (Å²) in [5, 5.41) is 30.3. The minimum Gasteiger partial charge on any atom is -0.504 e. The zero-order valence-electron chi connectivity index (χ0n) is 13.8. The Hall–Kier alpha value is -3.29. The van der Waals surface area contributed by atoms with E-state index in [4.69, 9.17) is 0 Å². The average molecular weight is 377 g/mol. The number of nitro benzene ring substituents is 1. The highest BCUT2D eigenvalue weighted by Crippen LogP contribution is 2.42. The van der Waals surface area contributed by atoms with Gasteiger partial charge in [-0.05, 0) is 41.7 Å². The molecule has 1 aliphatic rings. The molecule has 0 saturated carbocycles. The van der Waals surface area contributed by atoms with Crippen LogP contribution in [0.5, 0.6) is 11.5 Å². The molecule has 0 saturated heterocycles. The van der Waals surface area contributed by atoms with Gasteiger partial charge in [-0.2, -0.15) is 13.2 Å². The van der Waals surface area contributed by atoms with Gasteiger partial charge in [0.05, 0.1) is 22.1 Å². The lowest BCUT2D eigenvalue weighted by Gasteiger charge is -2.19. The van der Waals surface area contributed by atoms with E-state index in [1.807, 2.05) is 0 Å². The van der Waals surface area contributed by atoms with Gasteiger partial charge in [-0.3, -0.25) is 10.1 Å². The minimum absolute atomic E-state index is 0.0725. The highest BCUT2D eigenvalue weighted by molar-refractivity contribution is 5.83. The first-order chi connectivity index (χ1) is 12.7. The van der Waals surface area contributed by atoms with Crippen molar-refractivity contribution in [2.45, 2.75) is 19.0 Å². The maximum atomic E-state index is 13.2. The Bertz CT molecular complexity index is 977. The second-order valence-electron chi connectivity index (χ2n) is 6.04. The average Bonchev–Trinajstić information content (AvgIpc) is 2.63. The summed E-state index contributed by atoms with van der Waals surface area (Å²) in [4.78, 5) is 10.5. The molecule has 0 fully saturated rings. The predicted octanol–water partition coefficient (Wildman–Crippen LogP) is 5.29. The largest absolute Gasteiger partial charge is 0.504 e. The first-order valence-electron chi connectivity index (χ1n) is 7.95. The van der Waals surface area contributed by atoms with Crippen molar-refractivity contribution >= 4 is 16.8 Å². The van der Waals surface area contributed by atoms with E-state index in [0.29, 0.717) is 11.1 Å². The van der Waals surface area contributed by atoms with Crippen molar-refractivity contribution in [2.75, 3.05) is 0 Å². The quantitative estimate of drug-likeness (QED) is 0.433. The number of nitrogens with zero attached hydrogens (tertiary/aromatic N) is 1. The molecule has 5 nitrogen and oxygen atoms in total. The fourth-order valence-corrected chi connectivity index (χ4v) is 3.07. The van der Waals surface area contributed by atoms with Gasteiger partial charge in [0.25, 0.3) is 5.69 Å². The van der Waals surface area contributed by atoms with E-state index in [0.717, 1.165) is 18.2 Å². The summed E-state index contributed by atoms with van der Waals surface area (Å²) < 4.78 is 39.6. The molecule has 140 valence electrons. The van der Waals surface area contributed by atoms with Gasteiger partial charge >= 0.3 is 6.18 Å². The first-order valence-corrected chi connectivity index (χ1v) is 7.95. The van der Waals surface area contributed by atoms with Gasteiger partial charge in [-0.15, -0.1) is 0 Å². The third kappa shape index (κ3) is 3.64. The molecular formula is C19H14F3NO4. The Balaban J connectivity index is 2.04. The van der Waals surface area contributed by atoms with Crippen LogP contribution < -0.4 is 0 Å². The highest BCUT2D eigenvalue weighted by Gasteiger charge is 2.34. The number of halogens is 3. The summed E-state index contributed by atoms with van der Waals surface area (Å²) >= 11 is 0. The highest BCUT2D eigenvalue weighted by atomic mass is 19.4. The lowest BCUT2D eigenvalue weighted by Crippen LogP contribution is -2.09. The summed E-state index contributed by atoms with van der Waals surface area (Å²) in [5.74, 6) is -1.12. The van der Waals surface area contributed by atoms with Gasteiger partial charge in [0.15, 0.2) is 11.5 Å². The maximum absolute atomic E-state index is 13.2. The van der Waals surface area contributed by atoms with Crippen LogP contribution in [0, 0.1) is 10.1 Å². The van der Waals surface area contributed by atoms with Gasteiger partial charge < -0.3 is 10.2 Å². The van der Waals surface area contributed by atoms with E-state index < -0.39 is 28.2 Å². The van der Waals surface area contributed by atoms with Crippen molar-refractivity contribution in [3.8, 4) is 11.5 Å². The van der Waals surface area contributed by atoms with Crippen LogP contribution in [0.4, 0.5) is 18.9 Å². The number of phenols is 2. The zero-order valence-corrected chi connectivity index (χ0v) is 13.8. The number of hydrogen-bond acceptors (Lipinski definition) is 4. The number of allylic oxidation sites excluding steroid dienone is 4. The van der Waals surface area contributed by atoms with Crippen LogP contribution >= 0.6 is 0 Å². The van der Waals surface area contributed by atoms with E-state index in [9.17, 15) is 33.5 Å². The SMILES string of the molecule is O=[N+]([O-])c1cc(O)c(O)cc1C1=CC=C(c2ccccc2C(F)(F)F)CC1. The van der Waals surface area contributed by atoms with Crippen LogP contribution in [0.15, 0.2) is 48.6 Å². The van der Waals surface area contributed by atoms with Crippen LogP contribution in [0.1, 0.15) is 29.5 Å². The van der Waals surface area contributed by atoms with Crippen molar-refractivity contribution in [3.05, 3.63) is 75.4 Å². The molecule has 2 aromatic carbocycles. The molecule has 0 unspecified atom stereocenters. The van der Waals surface area contributed by atoms with E-state index in [2.05, 4.69) is 0 Å². The molecule has 0 bridgehead atoms. The van der Waals surface area contributed by atoms with Crippen LogP contribution in [-0.2, 0) is 6.18 Å². The molecule has 2 N–H and O–H groups in total. The van der Waals surface area contributed by atoms with Crippen molar-refractivity contribution in [1.82, 2.24) is 0 Å². The molecular weight excluding hydrogens is 363 g/mol. The number of phenolic OH excluding ortho intramolecular Hbond substituents is 2. The minimum atomic E-state index is -4.48. The van der Waals surface area contributed by atoms with Crippen molar-refractivity contribution in [2.24, 2.45) is 0 Å². The second-order valence-corrected chi connectivity index (χ2v) is 6.04. The molecule has 0 spiro atoms. The van der Waals surface area contributed by atoms with Crippen LogP contribution in [0.3, 0.4) is 0 Å². The normalized spacial score (nSPS) is 14.5. The van der Waals surface area contributed by atoms with E-state index in [1.165, 1.54) is 30.4 Å². The molecule has 1 aliphatic carbocycles. The third-order valence-corrected chi connectivity index (χ3v) is 4.36. The van der Waals surface area contributed by atoms with E-state index in [-0.39, 0.29) is 29.7 Å². The number of hydrogen-bond donors (Lipinski definition) is 2. The Labute approximate surface area is 151 Å². The molecule has 27 heavy (non-hydrogen) atoms. The van der Waals surface area contributed by atoms with Crippen molar-refractivity contribution < 1.29 is 28.3 Å². The summed E-state index contributed by atoms with van der Waals surface area (Å²) in [5.41, 5.74) is 0.0334. The number of rotatable bonds is 3. The summed E-state index contributed by atoms with van der Waals surface area (Å²) in [7, 11) is 0. The Morgan fingerprint density at radius 1 is 0.926 bits per heavy atom. The molecule has 8 heteroatoms. The maximum Gasteiger partial charge on any atom is 0.416 e. The monoisotopic (exact) mass is 377 g/mol. The Morgan fingerprint density at radius 3 is 2.04 bits per heavy atom. The summed E-state index contributed by atoms with van der Waals surface area (Å²) in [6, 6.07) is 7.18. The standard InChI is InChI=1S/C19H14F3NO4/c20-19(21,22)15-4-2-1-3-13(15)11-5-7-12(8-6-11)14-9-17(24)18(25)10-16(14)23(26)27/h1-5,7,9-10,24-25H,6,8H2. The topological polar surface area (TPSA) is 83.6 Å². The van der Waals surface area contributed by atoms with Gasteiger partial charge in [0, 0.05) is 0 Å². The van der Waals surface area contributed by atoms with Crippen LogP contribution in [0.2, 0.25) is 0 Å².